The first-order valence-electron chi connectivity index (χ1n) is 10.4. The molecule has 2 spiro atoms. The van der Waals surface area contributed by atoms with E-state index in [1.807, 2.05) is 0 Å². The molecule has 0 bridgehead atoms. The molecule has 27 heavy (non-hydrogen) atoms. The summed E-state index contributed by atoms with van der Waals surface area (Å²) < 4.78 is 5.33. The molecule has 3 aliphatic rings. The second-order valence-corrected chi connectivity index (χ2v) is 9.39. The topological polar surface area (TPSA) is 36.0 Å². The Bertz CT molecular complexity index is 642. The van der Waals surface area contributed by atoms with Crippen LogP contribution in [0.2, 0.25) is 0 Å². The maximum atomic E-state index is 13.4. The summed E-state index contributed by atoms with van der Waals surface area (Å²) in [6, 6.07) is 2.23. The van der Waals surface area contributed by atoms with Crippen LogP contribution in [0.5, 0.6) is 0 Å². The fraction of sp³-hybridized carbons (Fsp3) is 0.762. The number of amides is 1. The fourth-order valence-corrected chi connectivity index (χ4v) is 6.42. The van der Waals surface area contributed by atoms with Crippen LogP contribution in [0.4, 0.5) is 0 Å². The smallest absolute Gasteiger partial charge is 0.230 e. The van der Waals surface area contributed by atoms with Crippen LogP contribution in [0.1, 0.15) is 31.7 Å². The molecular weight excluding hydrogens is 358 g/mol. The van der Waals surface area contributed by atoms with Gasteiger partial charge in [0.2, 0.25) is 5.91 Å². The first-order chi connectivity index (χ1) is 13.1. The van der Waals surface area contributed by atoms with Crippen molar-refractivity contribution in [2.45, 2.75) is 32.7 Å². The normalized spacial score (nSPS) is 28.8. The van der Waals surface area contributed by atoms with Crippen molar-refractivity contribution in [3.63, 3.8) is 0 Å². The van der Waals surface area contributed by atoms with Gasteiger partial charge in [-0.15, -0.1) is 0 Å². The second kappa shape index (κ2) is 7.82. The summed E-state index contributed by atoms with van der Waals surface area (Å²) >= 11 is 1.78. The molecule has 0 aliphatic carbocycles. The van der Waals surface area contributed by atoms with Gasteiger partial charge in [0.25, 0.3) is 0 Å². The minimum Gasteiger partial charge on any atom is -0.383 e. The number of carbonyl (C=O) groups is 1. The van der Waals surface area contributed by atoms with E-state index in [0.717, 1.165) is 78.2 Å². The summed E-state index contributed by atoms with van der Waals surface area (Å²) in [6.45, 7) is 10.8. The highest BCUT2D eigenvalue weighted by molar-refractivity contribution is 7.07. The molecule has 0 unspecified atom stereocenters. The molecule has 4 heterocycles. The van der Waals surface area contributed by atoms with Crippen molar-refractivity contribution in [1.82, 2.24) is 14.7 Å². The number of fused-ring (bicyclic) bond motifs is 1. The van der Waals surface area contributed by atoms with E-state index in [2.05, 4.69) is 38.4 Å². The maximum absolute atomic E-state index is 13.4. The van der Waals surface area contributed by atoms with Crippen molar-refractivity contribution >= 4 is 17.2 Å². The Labute approximate surface area is 167 Å². The Hall–Kier alpha value is -0.950. The first-order valence-corrected chi connectivity index (χ1v) is 11.3. The third-order valence-corrected chi connectivity index (χ3v) is 8.06. The molecule has 0 radical (unpaired) electrons. The predicted octanol–water partition coefficient (Wildman–Crippen LogP) is 2.53. The van der Waals surface area contributed by atoms with Crippen molar-refractivity contribution < 1.29 is 9.53 Å². The number of methoxy groups -OCH3 is 1. The number of piperidine rings is 1. The fourth-order valence-electron chi connectivity index (χ4n) is 5.76. The predicted molar refractivity (Wildman–Crippen MR) is 109 cm³/mol. The van der Waals surface area contributed by atoms with Crippen molar-refractivity contribution in [2.24, 2.45) is 10.8 Å². The van der Waals surface area contributed by atoms with Crippen molar-refractivity contribution in [3.8, 4) is 0 Å². The minimum atomic E-state index is -0.161. The van der Waals surface area contributed by atoms with E-state index in [9.17, 15) is 4.79 Å². The molecule has 1 amide bonds. The van der Waals surface area contributed by atoms with Crippen LogP contribution in [0.25, 0.3) is 0 Å². The molecular formula is C21H33N3O2S. The van der Waals surface area contributed by atoms with Gasteiger partial charge in [0.15, 0.2) is 0 Å². The third-order valence-electron chi connectivity index (χ3n) is 7.33. The summed E-state index contributed by atoms with van der Waals surface area (Å²) in [5.41, 5.74) is 1.41. The van der Waals surface area contributed by atoms with Crippen LogP contribution in [-0.2, 0) is 16.1 Å². The third kappa shape index (κ3) is 3.35. The second-order valence-electron chi connectivity index (χ2n) is 8.61. The zero-order chi connectivity index (χ0) is 18.9. The van der Waals surface area contributed by atoms with Crippen LogP contribution in [0.3, 0.4) is 0 Å². The average molecular weight is 392 g/mol. The lowest BCUT2D eigenvalue weighted by atomic mass is 9.60. The van der Waals surface area contributed by atoms with E-state index in [1.165, 1.54) is 5.56 Å². The van der Waals surface area contributed by atoms with E-state index in [-0.39, 0.29) is 10.8 Å². The molecule has 0 N–H and O–H groups in total. The summed E-state index contributed by atoms with van der Waals surface area (Å²) in [5.74, 6) is 0.427. The van der Waals surface area contributed by atoms with Gasteiger partial charge in [-0.25, -0.2) is 0 Å². The van der Waals surface area contributed by atoms with Crippen LogP contribution >= 0.6 is 11.3 Å². The molecule has 1 aromatic rings. The summed E-state index contributed by atoms with van der Waals surface area (Å²) in [6.07, 6.45) is 3.32. The van der Waals surface area contributed by atoms with Crippen LogP contribution < -0.4 is 0 Å². The standard InChI is InChI=1S/C21H33N3O2S/c1-3-24-10-7-21(19(24)25)17-23(11-12-26-2)16-20(21)5-8-22(9-6-20)14-18-4-13-27-15-18/h4,13,15H,3,5-12,14,16-17H2,1-2H3/t21-/m0/s1. The molecule has 1 atom stereocenters. The molecule has 0 aromatic carbocycles. The molecule has 3 saturated heterocycles. The molecule has 3 fully saturated rings. The van der Waals surface area contributed by atoms with E-state index in [4.69, 9.17) is 4.74 Å². The van der Waals surface area contributed by atoms with Gasteiger partial charge in [-0.05, 0) is 61.7 Å². The van der Waals surface area contributed by atoms with Gasteiger partial charge in [-0.2, -0.15) is 11.3 Å². The minimum absolute atomic E-state index is 0.146. The number of hydrogen-bond acceptors (Lipinski definition) is 5. The van der Waals surface area contributed by atoms with E-state index >= 15 is 0 Å². The van der Waals surface area contributed by atoms with E-state index in [0.29, 0.717) is 5.91 Å². The number of nitrogens with zero attached hydrogens (tertiary/aromatic N) is 3. The number of hydrogen-bond donors (Lipinski definition) is 0. The van der Waals surface area contributed by atoms with Crippen molar-refractivity contribution in [2.75, 3.05) is 59.5 Å². The lowest BCUT2D eigenvalue weighted by Crippen LogP contribution is -2.52. The monoisotopic (exact) mass is 391 g/mol. The van der Waals surface area contributed by atoms with Crippen molar-refractivity contribution in [3.05, 3.63) is 22.4 Å². The number of rotatable bonds is 6. The van der Waals surface area contributed by atoms with Gasteiger partial charge in [-0.1, -0.05) is 0 Å². The zero-order valence-corrected chi connectivity index (χ0v) is 17.6. The van der Waals surface area contributed by atoms with E-state index in [1.54, 1.807) is 18.4 Å². The van der Waals surface area contributed by atoms with Crippen LogP contribution in [0, 0.1) is 10.8 Å². The first kappa shape index (κ1) is 19.4. The number of carbonyl (C=O) groups excluding carboxylic acids is 1. The van der Waals surface area contributed by atoms with Gasteiger partial charge in [0.05, 0.1) is 12.0 Å². The summed E-state index contributed by atoms with van der Waals surface area (Å²) in [7, 11) is 1.77. The molecule has 3 aliphatic heterocycles. The number of likely N-dealkylation sites (tertiary alicyclic amines) is 3. The van der Waals surface area contributed by atoms with Gasteiger partial charge in [0, 0.05) is 51.8 Å². The number of thiophene rings is 1. The van der Waals surface area contributed by atoms with Gasteiger partial charge in [0.1, 0.15) is 0 Å². The Morgan fingerprint density at radius 1 is 1.15 bits per heavy atom. The Kier molecular flexibility index (Phi) is 5.61. The Morgan fingerprint density at radius 2 is 1.96 bits per heavy atom. The lowest BCUT2D eigenvalue weighted by Gasteiger charge is -2.47. The molecule has 150 valence electrons. The Morgan fingerprint density at radius 3 is 2.59 bits per heavy atom. The summed E-state index contributed by atoms with van der Waals surface area (Å²) in [5, 5.41) is 4.42. The van der Waals surface area contributed by atoms with Crippen molar-refractivity contribution in [1.29, 1.82) is 0 Å². The van der Waals surface area contributed by atoms with Crippen LogP contribution in [0.15, 0.2) is 16.8 Å². The zero-order valence-electron chi connectivity index (χ0n) is 16.8. The van der Waals surface area contributed by atoms with Crippen LogP contribution in [-0.4, -0.2) is 80.1 Å². The van der Waals surface area contributed by atoms with Gasteiger partial charge >= 0.3 is 0 Å². The highest BCUT2D eigenvalue weighted by atomic mass is 32.1. The average Bonchev–Trinajstić information content (AvgIpc) is 3.37. The molecule has 5 nitrogen and oxygen atoms in total. The maximum Gasteiger partial charge on any atom is 0.230 e. The highest BCUT2D eigenvalue weighted by Gasteiger charge is 2.64. The summed E-state index contributed by atoms with van der Waals surface area (Å²) in [4.78, 5) is 20.6. The molecule has 6 heteroatoms. The SMILES string of the molecule is CCN1CC[C@]2(CN(CCOC)CC23CCN(Cc2ccsc2)CC3)C1=O. The molecule has 1 aromatic heterocycles. The molecule has 0 saturated carbocycles. The lowest BCUT2D eigenvalue weighted by molar-refractivity contribution is -0.142. The largest absolute Gasteiger partial charge is 0.383 e. The quantitative estimate of drug-likeness (QED) is 0.747. The molecule has 4 rings (SSSR count). The van der Waals surface area contributed by atoms with Gasteiger partial charge < -0.3 is 9.64 Å². The highest BCUT2D eigenvalue weighted by Crippen LogP contribution is 2.57. The van der Waals surface area contributed by atoms with Gasteiger partial charge in [-0.3, -0.25) is 14.6 Å². The number of ether oxygens (including phenoxy) is 1. The Balaban J connectivity index is 1.51. The van der Waals surface area contributed by atoms with E-state index < -0.39 is 0 Å².